The van der Waals surface area contributed by atoms with Gasteiger partial charge in [0.05, 0.1) is 27.9 Å². The van der Waals surface area contributed by atoms with E-state index in [1.807, 2.05) is 50.2 Å². The Labute approximate surface area is 187 Å². The minimum absolute atomic E-state index is 0.277. The van der Waals surface area contributed by atoms with Gasteiger partial charge in [-0.15, -0.1) is 0 Å². The number of aryl methyl sites for hydroxylation is 2. The van der Waals surface area contributed by atoms with Crippen molar-refractivity contribution in [1.82, 2.24) is 24.2 Å². The molecule has 5 rings (SSSR count). The molecule has 0 aliphatic carbocycles. The van der Waals surface area contributed by atoms with E-state index in [9.17, 15) is 8.42 Å². The van der Waals surface area contributed by atoms with Gasteiger partial charge in [0.25, 0.3) is 0 Å². The molecule has 2 aromatic heterocycles. The molecule has 8 heteroatoms. The first kappa shape index (κ1) is 20.9. The predicted octanol–water partition coefficient (Wildman–Crippen LogP) is 3.30. The van der Waals surface area contributed by atoms with Crippen LogP contribution in [0.5, 0.6) is 0 Å². The lowest BCUT2D eigenvalue weighted by Crippen LogP contribution is -2.48. The predicted molar refractivity (Wildman–Crippen MR) is 125 cm³/mol. The van der Waals surface area contributed by atoms with E-state index in [0.717, 1.165) is 33.4 Å². The molecular weight excluding hydrogens is 422 g/mol. The number of nitrogens with zero attached hydrogens (tertiary/aromatic N) is 5. The Hall–Kier alpha value is -2.94. The molecule has 0 saturated carbocycles. The number of pyridine rings is 1. The minimum atomic E-state index is -3.62. The number of hydrogen-bond acceptors (Lipinski definition) is 6. The Morgan fingerprint density at radius 3 is 2.38 bits per heavy atom. The molecule has 32 heavy (non-hydrogen) atoms. The molecule has 164 valence electrons. The molecule has 2 aromatic carbocycles. The number of hydrogen-bond donors (Lipinski definition) is 0. The van der Waals surface area contributed by atoms with Crippen LogP contribution in [0.1, 0.15) is 17.0 Å². The number of fused-ring (bicyclic) bond motifs is 2. The Kier molecular flexibility index (Phi) is 5.36. The van der Waals surface area contributed by atoms with Crippen LogP contribution in [0.15, 0.2) is 59.6 Å². The summed E-state index contributed by atoms with van der Waals surface area (Å²) < 4.78 is 28.4. The summed E-state index contributed by atoms with van der Waals surface area (Å²) in [5.74, 6) is 0. The van der Waals surface area contributed by atoms with Crippen LogP contribution in [0.4, 0.5) is 0 Å². The number of para-hydroxylation sites is 3. The van der Waals surface area contributed by atoms with Gasteiger partial charge < -0.3 is 0 Å². The highest BCUT2D eigenvalue weighted by atomic mass is 32.2. The highest BCUT2D eigenvalue weighted by Crippen LogP contribution is 2.26. The summed E-state index contributed by atoms with van der Waals surface area (Å²) in [6, 6.07) is 15.2. The minimum Gasteiger partial charge on any atom is -0.295 e. The fraction of sp³-hybridized carbons (Fsp3) is 0.292. The van der Waals surface area contributed by atoms with Gasteiger partial charge in [0.15, 0.2) is 0 Å². The summed E-state index contributed by atoms with van der Waals surface area (Å²) >= 11 is 0. The van der Waals surface area contributed by atoms with Crippen LogP contribution in [-0.2, 0) is 16.6 Å². The molecule has 0 atom stereocenters. The maximum absolute atomic E-state index is 13.4. The molecule has 0 spiro atoms. The average molecular weight is 448 g/mol. The van der Waals surface area contributed by atoms with Gasteiger partial charge in [0, 0.05) is 44.3 Å². The van der Waals surface area contributed by atoms with Gasteiger partial charge in [-0.1, -0.05) is 24.3 Å². The molecule has 0 bridgehead atoms. The first-order valence-electron chi connectivity index (χ1n) is 10.7. The Balaban J connectivity index is 1.33. The number of rotatable bonds is 4. The van der Waals surface area contributed by atoms with Gasteiger partial charge in [0.2, 0.25) is 10.0 Å². The second-order valence-electron chi connectivity index (χ2n) is 8.27. The van der Waals surface area contributed by atoms with E-state index in [4.69, 9.17) is 4.98 Å². The molecule has 1 aliphatic heterocycles. The van der Waals surface area contributed by atoms with Crippen molar-refractivity contribution in [3.63, 3.8) is 0 Å². The quantitative estimate of drug-likeness (QED) is 0.478. The zero-order valence-electron chi connectivity index (χ0n) is 18.2. The molecule has 7 nitrogen and oxygen atoms in total. The molecule has 3 heterocycles. The first-order valence-corrected chi connectivity index (χ1v) is 12.2. The van der Waals surface area contributed by atoms with Gasteiger partial charge >= 0.3 is 0 Å². The summed E-state index contributed by atoms with van der Waals surface area (Å²) in [4.78, 5) is 16.4. The van der Waals surface area contributed by atoms with Crippen LogP contribution in [-0.4, -0.2) is 58.8 Å². The van der Waals surface area contributed by atoms with E-state index < -0.39 is 10.0 Å². The van der Waals surface area contributed by atoms with Gasteiger partial charge in [-0.2, -0.15) is 4.31 Å². The van der Waals surface area contributed by atoms with Crippen molar-refractivity contribution in [3.8, 4) is 0 Å². The third-order valence-electron chi connectivity index (χ3n) is 5.98. The van der Waals surface area contributed by atoms with Crippen LogP contribution in [0.3, 0.4) is 0 Å². The van der Waals surface area contributed by atoms with Crippen LogP contribution >= 0.6 is 0 Å². The average Bonchev–Trinajstić information content (AvgIpc) is 2.79. The summed E-state index contributed by atoms with van der Waals surface area (Å²) in [6.07, 6.45) is 1.71. The van der Waals surface area contributed by atoms with Crippen molar-refractivity contribution in [2.24, 2.45) is 0 Å². The van der Waals surface area contributed by atoms with Crippen LogP contribution in [0.2, 0.25) is 0 Å². The highest BCUT2D eigenvalue weighted by Gasteiger charge is 2.30. The van der Waals surface area contributed by atoms with Crippen molar-refractivity contribution in [2.75, 3.05) is 26.2 Å². The largest absolute Gasteiger partial charge is 0.295 e. The Morgan fingerprint density at radius 2 is 1.62 bits per heavy atom. The van der Waals surface area contributed by atoms with Crippen molar-refractivity contribution < 1.29 is 8.42 Å². The SMILES string of the molecule is Cc1cnc2c(S(=O)(=O)N3CCN(Cc4nc5ccccc5nc4C)CC3)cccc2c1. The molecule has 0 amide bonds. The van der Waals surface area contributed by atoms with Gasteiger partial charge in [-0.25, -0.2) is 18.4 Å². The van der Waals surface area contributed by atoms with Gasteiger partial charge in [-0.3, -0.25) is 9.88 Å². The second-order valence-corrected chi connectivity index (χ2v) is 10.2. The Morgan fingerprint density at radius 1 is 0.906 bits per heavy atom. The molecule has 0 radical (unpaired) electrons. The summed E-state index contributed by atoms with van der Waals surface area (Å²) in [5, 5.41) is 0.843. The third-order valence-corrected chi connectivity index (χ3v) is 7.91. The monoisotopic (exact) mass is 447 g/mol. The molecular formula is C24H25N5O2S. The molecule has 1 aliphatic rings. The maximum atomic E-state index is 13.4. The number of aromatic nitrogens is 3. The maximum Gasteiger partial charge on any atom is 0.245 e. The fourth-order valence-electron chi connectivity index (χ4n) is 4.20. The van der Waals surface area contributed by atoms with Gasteiger partial charge in [0.1, 0.15) is 4.90 Å². The van der Waals surface area contributed by atoms with E-state index in [2.05, 4.69) is 14.9 Å². The number of piperazine rings is 1. The molecule has 4 aromatic rings. The van der Waals surface area contributed by atoms with E-state index in [1.165, 1.54) is 0 Å². The van der Waals surface area contributed by atoms with Gasteiger partial charge in [-0.05, 0) is 43.7 Å². The van der Waals surface area contributed by atoms with E-state index in [0.29, 0.717) is 38.2 Å². The highest BCUT2D eigenvalue weighted by molar-refractivity contribution is 7.89. The van der Waals surface area contributed by atoms with Crippen LogP contribution < -0.4 is 0 Å². The molecule has 1 saturated heterocycles. The summed E-state index contributed by atoms with van der Waals surface area (Å²) in [6.45, 7) is 6.75. The normalized spacial score (nSPS) is 16.1. The van der Waals surface area contributed by atoms with Crippen molar-refractivity contribution in [3.05, 3.63) is 71.7 Å². The van der Waals surface area contributed by atoms with Crippen molar-refractivity contribution in [2.45, 2.75) is 25.3 Å². The lowest BCUT2D eigenvalue weighted by Gasteiger charge is -2.34. The fourth-order valence-corrected chi connectivity index (χ4v) is 5.79. The summed E-state index contributed by atoms with van der Waals surface area (Å²) in [5.41, 5.74) is 5.16. The second kappa shape index (κ2) is 8.20. The van der Waals surface area contributed by atoms with Crippen molar-refractivity contribution >= 4 is 32.0 Å². The lowest BCUT2D eigenvalue weighted by molar-refractivity contribution is 0.179. The van der Waals surface area contributed by atoms with Crippen molar-refractivity contribution in [1.29, 1.82) is 0 Å². The van der Waals surface area contributed by atoms with Crippen LogP contribution in [0.25, 0.3) is 21.9 Å². The standard InChI is InChI=1S/C24H25N5O2S/c1-17-14-19-6-5-9-23(24(19)25-15-17)32(30,31)29-12-10-28(11-13-29)16-22-18(2)26-20-7-3-4-8-21(20)27-22/h3-9,14-15H,10-13,16H2,1-2H3. The van der Waals surface area contributed by atoms with Crippen LogP contribution in [0, 0.1) is 13.8 Å². The zero-order valence-corrected chi connectivity index (χ0v) is 19.0. The van der Waals surface area contributed by atoms with E-state index in [1.54, 1.807) is 22.6 Å². The smallest absolute Gasteiger partial charge is 0.245 e. The third kappa shape index (κ3) is 3.85. The number of benzene rings is 2. The first-order chi connectivity index (χ1) is 15.4. The molecule has 1 fully saturated rings. The number of sulfonamides is 1. The molecule has 0 N–H and O–H groups in total. The topological polar surface area (TPSA) is 79.3 Å². The van der Waals surface area contributed by atoms with E-state index in [-0.39, 0.29) is 4.90 Å². The Bertz CT molecular complexity index is 1410. The molecule has 0 unspecified atom stereocenters. The lowest BCUT2D eigenvalue weighted by atomic mass is 10.2. The van der Waals surface area contributed by atoms with E-state index >= 15 is 0 Å². The summed E-state index contributed by atoms with van der Waals surface area (Å²) in [7, 11) is -3.62. The zero-order chi connectivity index (χ0) is 22.3.